The number of aryl methyl sites for hydroxylation is 1. The Balaban J connectivity index is 1.40. The Morgan fingerprint density at radius 1 is 0.938 bits per heavy atom. The van der Waals surface area contributed by atoms with Crippen molar-refractivity contribution in [2.24, 2.45) is 10.9 Å². The van der Waals surface area contributed by atoms with E-state index in [1.54, 1.807) is 18.3 Å². The van der Waals surface area contributed by atoms with Gasteiger partial charge in [0, 0.05) is 5.56 Å². The van der Waals surface area contributed by atoms with E-state index in [1.165, 1.54) is 0 Å². The van der Waals surface area contributed by atoms with E-state index < -0.39 is 0 Å². The fraction of sp³-hybridized carbons (Fsp3) is 0.231. The number of nitrogens with zero attached hydrogens (tertiary/aromatic N) is 1. The predicted octanol–water partition coefficient (Wildman–Crippen LogP) is 5.17. The molecule has 0 aromatic heterocycles. The average Bonchev–Trinajstić information content (AvgIpc) is 2.82. The summed E-state index contributed by atoms with van der Waals surface area (Å²) in [5.41, 5.74) is 3.31. The normalized spacial score (nSPS) is 10.8. The number of amides is 1. The quantitative estimate of drug-likeness (QED) is 0.190. The van der Waals surface area contributed by atoms with E-state index >= 15 is 0 Å². The third-order valence-electron chi connectivity index (χ3n) is 4.84. The van der Waals surface area contributed by atoms with Gasteiger partial charge in [0.1, 0.15) is 11.5 Å². The molecule has 0 aliphatic heterocycles. The van der Waals surface area contributed by atoms with Gasteiger partial charge in [0.05, 0.1) is 25.1 Å². The van der Waals surface area contributed by atoms with Crippen LogP contribution < -0.4 is 20.6 Å². The number of hydrogen-bond donors (Lipinski definition) is 2. The van der Waals surface area contributed by atoms with Crippen molar-refractivity contribution >= 4 is 17.8 Å². The van der Waals surface area contributed by atoms with Gasteiger partial charge >= 0.3 is 0 Å². The molecule has 0 bridgehead atoms. The fourth-order valence-electron chi connectivity index (χ4n) is 3.13. The lowest BCUT2D eigenvalue weighted by Crippen LogP contribution is -2.13. The molecule has 6 nitrogen and oxygen atoms in total. The lowest BCUT2D eigenvalue weighted by atomic mass is 10.1. The zero-order valence-electron chi connectivity index (χ0n) is 18.3. The minimum absolute atomic E-state index is 0.153. The van der Waals surface area contributed by atoms with E-state index in [2.05, 4.69) is 10.4 Å². The second kappa shape index (κ2) is 12.2. The van der Waals surface area contributed by atoms with Gasteiger partial charge in [0.15, 0.2) is 0 Å². The van der Waals surface area contributed by atoms with Crippen LogP contribution in [0.1, 0.15) is 40.7 Å². The molecule has 166 valence electrons. The van der Waals surface area contributed by atoms with Crippen molar-refractivity contribution in [2.45, 2.75) is 26.2 Å². The molecule has 0 saturated carbocycles. The first-order chi connectivity index (χ1) is 15.7. The van der Waals surface area contributed by atoms with E-state index in [0.717, 1.165) is 36.1 Å². The van der Waals surface area contributed by atoms with E-state index in [9.17, 15) is 4.79 Å². The van der Waals surface area contributed by atoms with Crippen molar-refractivity contribution in [3.8, 4) is 11.5 Å². The van der Waals surface area contributed by atoms with E-state index in [1.807, 2.05) is 67.6 Å². The molecule has 0 spiro atoms. The summed E-state index contributed by atoms with van der Waals surface area (Å²) in [6.07, 6.45) is 4.40. The summed E-state index contributed by atoms with van der Waals surface area (Å²) in [6.45, 7) is 3.22. The summed E-state index contributed by atoms with van der Waals surface area (Å²) in [7, 11) is 0. The molecule has 0 aliphatic carbocycles. The first-order valence-corrected chi connectivity index (χ1v) is 10.7. The number of rotatable bonds is 11. The number of anilines is 1. The van der Waals surface area contributed by atoms with Crippen molar-refractivity contribution in [1.82, 2.24) is 0 Å². The maximum absolute atomic E-state index is 12.5. The highest BCUT2D eigenvalue weighted by Crippen LogP contribution is 2.26. The van der Waals surface area contributed by atoms with Gasteiger partial charge in [-0.15, -0.1) is 0 Å². The SMILES string of the molecule is Cc1ccc(NC(=O)c2ccccc2)c(OCCCCCOc2ccc(/C=N/N)cc2)c1. The van der Waals surface area contributed by atoms with Crippen molar-refractivity contribution in [3.05, 3.63) is 89.5 Å². The van der Waals surface area contributed by atoms with Gasteiger partial charge in [-0.1, -0.05) is 24.3 Å². The van der Waals surface area contributed by atoms with Crippen LogP contribution >= 0.6 is 0 Å². The molecule has 0 atom stereocenters. The number of nitrogens with two attached hydrogens (primary N) is 1. The molecule has 3 aromatic carbocycles. The van der Waals surface area contributed by atoms with Crippen LogP contribution in [0.25, 0.3) is 0 Å². The number of hydrogen-bond acceptors (Lipinski definition) is 5. The summed E-state index contributed by atoms with van der Waals surface area (Å²) < 4.78 is 11.7. The van der Waals surface area contributed by atoms with Crippen LogP contribution in [0.5, 0.6) is 11.5 Å². The highest BCUT2D eigenvalue weighted by atomic mass is 16.5. The molecule has 0 unspecified atom stereocenters. The van der Waals surface area contributed by atoms with Crippen LogP contribution in [0.2, 0.25) is 0 Å². The topological polar surface area (TPSA) is 85.9 Å². The summed E-state index contributed by atoms with van der Waals surface area (Å²) in [5, 5.41) is 6.45. The first kappa shape index (κ1) is 22.9. The van der Waals surface area contributed by atoms with E-state index in [4.69, 9.17) is 15.3 Å². The lowest BCUT2D eigenvalue weighted by Gasteiger charge is -2.14. The Bertz CT molecular complexity index is 1020. The zero-order chi connectivity index (χ0) is 22.6. The van der Waals surface area contributed by atoms with E-state index in [0.29, 0.717) is 30.2 Å². The zero-order valence-corrected chi connectivity index (χ0v) is 18.3. The van der Waals surface area contributed by atoms with Crippen molar-refractivity contribution < 1.29 is 14.3 Å². The van der Waals surface area contributed by atoms with Crippen LogP contribution in [0.3, 0.4) is 0 Å². The lowest BCUT2D eigenvalue weighted by molar-refractivity contribution is 0.102. The number of carbonyl (C=O) groups is 1. The highest BCUT2D eigenvalue weighted by Gasteiger charge is 2.10. The molecule has 0 radical (unpaired) electrons. The minimum atomic E-state index is -0.153. The molecule has 6 heteroatoms. The molecule has 0 heterocycles. The monoisotopic (exact) mass is 431 g/mol. The molecule has 3 N–H and O–H groups in total. The summed E-state index contributed by atoms with van der Waals surface area (Å²) >= 11 is 0. The number of nitrogens with one attached hydrogen (secondary N) is 1. The number of unbranched alkanes of at least 4 members (excludes halogenated alkanes) is 2. The van der Waals surface area contributed by atoms with Crippen molar-refractivity contribution in [2.75, 3.05) is 18.5 Å². The predicted molar refractivity (Wildman–Crippen MR) is 129 cm³/mol. The Hall–Kier alpha value is -3.80. The van der Waals surface area contributed by atoms with Gasteiger partial charge in [-0.2, -0.15) is 5.10 Å². The van der Waals surface area contributed by atoms with Crippen LogP contribution in [-0.4, -0.2) is 25.3 Å². The third kappa shape index (κ3) is 7.16. The number of ether oxygens (including phenoxy) is 2. The summed E-state index contributed by atoms with van der Waals surface area (Å²) in [4.78, 5) is 12.5. The van der Waals surface area contributed by atoms with Crippen molar-refractivity contribution in [1.29, 1.82) is 0 Å². The third-order valence-corrected chi connectivity index (χ3v) is 4.84. The van der Waals surface area contributed by atoms with Crippen LogP contribution in [0.4, 0.5) is 5.69 Å². The van der Waals surface area contributed by atoms with Gasteiger partial charge in [-0.05, 0) is 85.8 Å². The molecular formula is C26H29N3O3. The van der Waals surface area contributed by atoms with Crippen LogP contribution in [-0.2, 0) is 0 Å². The van der Waals surface area contributed by atoms with Gasteiger partial charge in [0.2, 0.25) is 0 Å². The van der Waals surface area contributed by atoms with E-state index in [-0.39, 0.29) is 5.91 Å². The fourth-order valence-corrected chi connectivity index (χ4v) is 3.13. The largest absolute Gasteiger partial charge is 0.494 e. The maximum Gasteiger partial charge on any atom is 0.255 e. The summed E-state index contributed by atoms with van der Waals surface area (Å²) in [6, 6.07) is 22.6. The van der Waals surface area contributed by atoms with Crippen LogP contribution in [0.15, 0.2) is 77.9 Å². The number of hydrazone groups is 1. The van der Waals surface area contributed by atoms with Crippen molar-refractivity contribution in [3.63, 3.8) is 0 Å². The Kier molecular flexibility index (Phi) is 8.69. The molecule has 32 heavy (non-hydrogen) atoms. The Morgan fingerprint density at radius 2 is 1.66 bits per heavy atom. The number of benzene rings is 3. The molecule has 3 aromatic rings. The molecular weight excluding hydrogens is 402 g/mol. The molecule has 0 fully saturated rings. The summed E-state index contributed by atoms with van der Waals surface area (Å²) in [5.74, 6) is 6.51. The number of carbonyl (C=O) groups excluding carboxylic acids is 1. The van der Waals surface area contributed by atoms with Gasteiger partial charge in [0.25, 0.3) is 5.91 Å². The second-order valence-corrected chi connectivity index (χ2v) is 7.42. The minimum Gasteiger partial charge on any atom is -0.494 e. The Labute approximate surface area is 189 Å². The standard InChI is InChI=1S/C26H29N3O3/c1-20-10-15-24(29-26(30)22-8-4-2-5-9-22)25(18-20)32-17-7-3-6-16-31-23-13-11-21(12-14-23)19-28-27/h2,4-5,8-15,18-19H,3,6-7,16-17,27H2,1H3,(H,29,30)/b28-19+. The molecule has 0 saturated heterocycles. The molecule has 3 rings (SSSR count). The Morgan fingerprint density at radius 3 is 2.38 bits per heavy atom. The van der Waals surface area contributed by atoms with Crippen LogP contribution in [0, 0.1) is 6.92 Å². The molecule has 0 aliphatic rings. The second-order valence-electron chi connectivity index (χ2n) is 7.42. The maximum atomic E-state index is 12.5. The van der Waals surface area contributed by atoms with Gasteiger partial charge in [-0.3, -0.25) is 4.79 Å². The average molecular weight is 432 g/mol. The highest BCUT2D eigenvalue weighted by molar-refractivity contribution is 6.05. The first-order valence-electron chi connectivity index (χ1n) is 10.7. The van der Waals surface area contributed by atoms with Gasteiger partial charge in [-0.25, -0.2) is 0 Å². The smallest absolute Gasteiger partial charge is 0.255 e. The molecule has 1 amide bonds. The van der Waals surface area contributed by atoms with Gasteiger partial charge < -0.3 is 20.6 Å².